The van der Waals surface area contributed by atoms with Crippen molar-refractivity contribution in [3.63, 3.8) is 0 Å². The Hall–Kier alpha value is -1.62. The third kappa shape index (κ3) is 2.31. The van der Waals surface area contributed by atoms with Crippen LogP contribution in [0.15, 0.2) is 18.2 Å². The quantitative estimate of drug-likeness (QED) is 0.884. The molecule has 2 rings (SSSR count). The van der Waals surface area contributed by atoms with Crippen LogP contribution in [0.3, 0.4) is 0 Å². The average molecular weight is 252 g/mol. The zero-order valence-electron chi connectivity index (χ0n) is 10.6. The Kier molecular flexibility index (Phi) is 3.81. The summed E-state index contributed by atoms with van der Waals surface area (Å²) in [5.41, 5.74) is 0.582. The van der Waals surface area contributed by atoms with Crippen LogP contribution in [0.1, 0.15) is 13.3 Å². The highest BCUT2D eigenvalue weighted by Gasteiger charge is 2.31. The number of nitrogens with one attached hydrogen (secondary N) is 1. The molecule has 1 aliphatic rings. The topological polar surface area (TPSA) is 41.6 Å². The summed E-state index contributed by atoms with van der Waals surface area (Å²) in [6.45, 7) is 2.83. The van der Waals surface area contributed by atoms with E-state index in [-0.39, 0.29) is 17.7 Å². The minimum atomic E-state index is -0.435. The van der Waals surface area contributed by atoms with Crippen molar-refractivity contribution in [1.82, 2.24) is 5.32 Å². The highest BCUT2D eigenvalue weighted by atomic mass is 19.1. The summed E-state index contributed by atoms with van der Waals surface area (Å²) < 4.78 is 18.9. The molecule has 0 saturated carbocycles. The Morgan fingerprint density at radius 2 is 2.33 bits per heavy atom. The van der Waals surface area contributed by atoms with Crippen molar-refractivity contribution in [2.24, 2.45) is 0 Å². The zero-order chi connectivity index (χ0) is 13.1. The average Bonchev–Trinajstić information content (AvgIpc) is 2.73. The Balaban J connectivity index is 2.20. The second kappa shape index (κ2) is 5.35. The maximum Gasteiger partial charge on any atom is 0.244 e. The van der Waals surface area contributed by atoms with Gasteiger partial charge in [0.1, 0.15) is 0 Å². The van der Waals surface area contributed by atoms with Gasteiger partial charge < -0.3 is 15.0 Å². The van der Waals surface area contributed by atoms with Crippen molar-refractivity contribution >= 4 is 11.6 Å². The number of carbonyl (C=O) groups is 1. The molecule has 1 saturated heterocycles. The van der Waals surface area contributed by atoms with E-state index in [0.29, 0.717) is 18.8 Å². The Morgan fingerprint density at radius 1 is 1.56 bits per heavy atom. The SMILES string of the molecule is CCOc1ccc(N2CCC(NC)C2=O)cc1F. The van der Waals surface area contributed by atoms with Crippen molar-refractivity contribution in [3.05, 3.63) is 24.0 Å². The number of likely N-dealkylation sites (N-methyl/N-ethyl adjacent to an activating group) is 1. The standard InChI is InChI=1S/C13H17FN2O2/c1-3-18-12-5-4-9(8-10(12)14)16-7-6-11(15-2)13(16)17/h4-5,8,11,15H,3,6-7H2,1-2H3. The number of halogens is 1. The van der Waals surface area contributed by atoms with E-state index in [0.717, 1.165) is 6.42 Å². The molecule has 1 N–H and O–H groups in total. The van der Waals surface area contributed by atoms with E-state index in [1.54, 1.807) is 31.0 Å². The highest BCUT2D eigenvalue weighted by molar-refractivity contribution is 5.99. The van der Waals surface area contributed by atoms with Gasteiger partial charge in [0.2, 0.25) is 5.91 Å². The van der Waals surface area contributed by atoms with Crippen LogP contribution in [0.4, 0.5) is 10.1 Å². The summed E-state index contributed by atoms with van der Waals surface area (Å²) in [6, 6.07) is 4.46. The van der Waals surface area contributed by atoms with Gasteiger partial charge in [0.15, 0.2) is 11.6 Å². The molecule has 18 heavy (non-hydrogen) atoms. The molecule has 1 aromatic rings. The van der Waals surface area contributed by atoms with Crippen molar-refractivity contribution in [3.8, 4) is 5.75 Å². The molecule has 98 valence electrons. The molecule has 0 aromatic heterocycles. The second-order valence-electron chi connectivity index (χ2n) is 4.17. The van der Waals surface area contributed by atoms with E-state index in [9.17, 15) is 9.18 Å². The summed E-state index contributed by atoms with van der Waals surface area (Å²) in [6.07, 6.45) is 0.740. The van der Waals surface area contributed by atoms with Crippen molar-refractivity contribution in [2.45, 2.75) is 19.4 Å². The van der Waals surface area contributed by atoms with Crippen LogP contribution in [0.5, 0.6) is 5.75 Å². The van der Waals surface area contributed by atoms with Gasteiger partial charge in [-0.05, 0) is 32.5 Å². The van der Waals surface area contributed by atoms with Gasteiger partial charge in [-0.25, -0.2) is 4.39 Å². The molecule has 1 unspecified atom stereocenters. The molecule has 1 fully saturated rings. The second-order valence-corrected chi connectivity index (χ2v) is 4.17. The molecule has 1 heterocycles. The van der Waals surface area contributed by atoms with Gasteiger partial charge >= 0.3 is 0 Å². The molecular weight excluding hydrogens is 235 g/mol. The fourth-order valence-corrected chi connectivity index (χ4v) is 2.13. The lowest BCUT2D eigenvalue weighted by Gasteiger charge is -2.17. The van der Waals surface area contributed by atoms with Gasteiger partial charge in [0.05, 0.1) is 12.6 Å². The minimum absolute atomic E-state index is 0.0129. The minimum Gasteiger partial charge on any atom is -0.491 e. The molecule has 1 amide bonds. The molecule has 5 heteroatoms. The van der Waals surface area contributed by atoms with E-state index < -0.39 is 5.82 Å². The normalized spacial score (nSPS) is 19.4. The van der Waals surface area contributed by atoms with Crippen LogP contribution in [0, 0.1) is 5.82 Å². The van der Waals surface area contributed by atoms with Gasteiger partial charge in [-0.1, -0.05) is 0 Å². The summed E-state index contributed by atoms with van der Waals surface area (Å²) in [5.74, 6) is -0.228. The smallest absolute Gasteiger partial charge is 0.244 e. The number of hydrogen-bond acceptors (Lipinski definition) is 3. The predicted molar refractivity (Wildman–Crippen MR) is 67.4 cm³/mol. The van der Waals surface area contributed by atoms with Crippen LogP contribution in [-0.2, 0) is 4.79 Å². The first kappa shape index (κ1) is 12.8. The molecule has 1 aliphatic heterocycles. The van der Waals surface area contributed by atoms with Gasteiger partial charge in [-0.3, -0.25) is 4.79 Å². The summed E-state index contributed by atoms with van der Waals surface area (Å²) in [4.78, 5) is 13.6. The van der Waals surface area contributed by atoms with Crippen molar-refractivity contribution in [2.75, 3.05) is 25.1 Å². The number of ether oxygens (including phenoxy) is 1. The zero-order valence-corrected chi connectivity index (χ0v) is 10.6. The summed E-state index contributed by atoms with van der Waals surface area (Å²) in [5, 5.41) is 2.95. The summed E-state index contributed by atoms with van der Waals surface area (Å²) in [7, 11) is 1.75. The van der Waals surface area contributed by atoms with Crippen LogP contribution in [-0.4, -0.2) is 32.1 Å². The first-order valence-corrected chi connectivity index (χ1v) is 6.08. The van der Waals surface area contributed by atoms with Crippen LogP contribution in [0.25, 0.3) is 0 Å². The van der Waals surface area contributed by atoms with Crippen LogP contribution >= 0.6 is 0 Å². The Bertz CT molecular complexity index is 451. The Labute approximate surface area is 106 Å². The maximum atomic E-state index is 13.7. The van der Waals surface area contributed by atoms with Crippen LogP contribution in [0.2, 0.25) is 0 Å². The summed E-state index contributed by atoms with van der Waals surface area (Å²) >= 11 is 0. The molecule has 1 atom stereocenters. The highest BCUT2D eigenvalue weighted by Crippen LogP contribution is 2.26. The van der Waals surface area contributed by atoms with E-state index in [1.807, 2.05) is 0 Å². The number of carbonyl (C=O) groups excluding carboxylic acids is 1. The van der Waals surface area contributed by atoms with E-state index in [4.69, 9.17) is 4.74 Å². The third-order valence-electron chi connectivity index (χ3n) is 3.08. The number of rotatable bonds is 4. The fourth-order valence-electron chi connectivity index (χ4n) is 2.13. The number of amides is 1. The number of nitrogens with zero attached hydrogens (tertiary/aromatic N) is 1. The lowest BCUT2D eigenvalue weighted by atomic mass is 10.2. The number of hydrogen-bond donors (Lipinski definition) is 1. The largest absolute Gasteiger partial charge is 0.491 e. The third-order valence-corrected chi connectivity index (χ3v) is 3.08. The first-order valence-electron chi connectivity index (χ1n) is 6.08. The maximum absolute atomic E-state index is 13.7. The molecule has 1 aromatic carbocycles. The van der Waals surface area contributed by atoms with Crippen molar-refractivity contribution < 1.29 is 13.9 Å². The van der Waals surface area contributed by atoms with Gasteiger partial charge in [-0.15, -0.1) is 0 Å². The molecule has 0 radical (unpaired) electrons. The molecule has 0 spiro atoms. The van der Waals surface area contributed by atoms with Gasteiger partial charge in [-0.2, -0.15) is 0 Å². The predicted octanol–water partition coefficient (Wildman–Crippen LogP) is 1.55. The molecule has 0 bridgehead atoms. The first-order chi connectivity index (χ1) is 8.67. The lowest BCUT2D eigenvalue weighted by molar-refractivity contribution is -0.118. The monoisotopic (exact) mass is 252 g/mol. The van der Waals surface area contributed by atoms with E-state index in [2.05, 4.69) is 5.32 Å². The lowest BCUT2D eigenvalue weighted by Crippen LogP contribution is -2.36. The van der Waals surface area contributed by atoms with Gasteiger partial charge in [0, 0.05) is 18.3 Å². The molecule has 0 aliphatic carbocycles. The fraction of sp³-hybridized carbons (Fsp3) is 0.462. The molecular formula is C13H17FN2O2. The van der Waals surface area contributed by atoms with Crippen molar-refractivity contribution in [1.29, 1.82) is 0 Å². The molecule has 4 nitrogen and oxygen atoms in total. The Morgan fingerprint density at radius 3 is 2.89 bits per heavy atom. The van der Waals surface area contributed by atoms with E-state index in [1.165, 1.54) is 6.07 Å². The van der Waals surface area contributed by atoms with E-state index >= 15 is 0 Å². The van der Waals surface area contributed by atoms with Gasteiger partial charge in [0.25, 0.3) is 0 Å². The number of anilines is 1. The van der Waals surface area contributed by atoms with Crippen LogP contribution < -0.4 is 15.0 Å². The number of benzene rings is 1.